The van der Waals surface area contributed by atoms with Crippen molar-refractivity contribution in [2.24, 2.45) is 11.8 Å². The van der Waals surface area contributed by atoms with E-state index in [1.807, 2.05) is 24.3 Å². The first-order valence-corrected chi connectivity index (χ1v) is 11.3. The van der Waals surface area contributed by atoms with E-state index in [0.717, 1.165) is 56.2 Å². The third-order valence-corrected chi connectivity index (χ3v) is 6.50. The first kappa shape index (κ1) is 22.1. The van der Waals surface area contributed by atoms with E-state index in [2.05, 4.69) is 24.1 Å². The molecule has 162 valence electrons. The van der Waals surface area contributed by atoms with E-state index < -0.39 is 5.60 Å². The van der Waals surface area contributed by atoms with E-state index in [1.54, 1.807) is 7.11 Å². The SMILES string of the molecule is CO[C@]1(C(=O)Nc2ccc(OCCCN3CCC[C@H](C)C3)cc2)CCC[C@@H](C)C1. The number of likely N-dealkylation sites (tertiary alicyclic amines) is 1. The van der Waals surface area contributed by atoms with Crippen LogP contribution < -0.4 is 10.1 Å². The van der Waals surface area contributed by atoms with Gasteiger partial charge in [-0.25, -0.2) is 0 Å². The first-order valence-electron chi connectivity index (χ1n) is 11.3. The zero-order valence-electron chi connectivity index (χ0n) is 18.4. The van der Waals surface area contributed by atoms with E-state index in [9.17, 15) is 4.79 Å². The lowest BCUT2D eigenvalue weighted by Gasteiger charge is -2.37. The average Bonchev–Trinajstić information content (AvgIpc) is 2.72. The van der Waals surface area contributed by atoms with Crippen LogP contribution in [0.3, 0.4) is 0 Å². The van der Waals surface area contributed by atoms with Gasteiger partial charge in [0.25, 0.3) is 5.91 Å². The number of methoxy groups -OCH3 is 1. The van der Waals surface area contributed by atoms with Crippen molar-refractivity contribution < 1.29 is 14.3 Å². The second-order valence-corrected chi connectivity index (χ2v) is 9.13. The summed E-state index contributed by atoms with van der Waals surface area (Å²) in [5.74, 6) is 2.15. The number of amides is 1. The molecule has 3 rings (SSSR count). The lowest BCUT2D eigenvalue weighted by Crippen LogP contribution is -2.47. The van der Waals surface area contributed by atoms with Crippen LogP contribution >= 0.6 is 0 Å². The highest BCUT2D eigenvalue weighted by atomic mass is 16.5. The summed E-state index contributed by atoms with van der Waals surface area (Å²) >= 11 is 0. The molecule has 0 unspecified atom stereocenters. The zero-order chi connectivity index (χ0) is 20.7. The van der Waals surface area contributed by atoms with Crippen molar-refractivity contribution in [1.82, 2.24) is 4.90 Å². The molecule has 5 heteroatoms. The Morgan fingerprint density at radius 1 is 1.17 bits per heavy atom. The van der Waals surface area contributed by atoms with Crippen molar-refractivity contribution in [3.05, 3.63) is 24.3 Å². The maximum atomic E-state index is 12.9. The summed E-state index contributed by atoms with van der Waals surface area (Å²) in [6.07, 6.45) is 7.49. The minimum absolute atomic E-state index is 0.0315. The molecule has 1 saturated carbocycles. The summed E-state index contributed by atoms with van der Waals surface area (Å²) in [6.45, 7) is 8.80. The van der Waals surface area contributed by atoms with Crippen LogP contribution in [0.1, 0.15) is 58.8 Å². The predicted octanol–water partition coefficient (Wildman–Crippen LogP) is 4.72. The Balaban J connectivity index is 1.43. The van der Waals surface area contributed by atoms with Gasteiger partial charge in [0.1, 0.15) is 11.4 Å². The van der Waals surface area contributed by atoms with Crippen molar-refractivity contribution in [3.63, 3.8) is 0 Å². The van der Waals surface area contributed by atoms with Gasteiger partial charge < -0.3 is 19.7 Å². The largest absolute Gasteiger partial charge is 0.494 e. The van der Waals surface area contributed by atoms with Gasteiger partial charge >= 0.3 is 0 Å². The fourth-order valence-corrected chi connectivity index (χ4v) is 4.83. The second-order valence-electron chi connectivity index (χ2n) is 9.13. The molecule has 1 aromatic carbocycles. The van der Waals surface area contributed by atoms with E-state index >= 15 is 0 Å². The van der Waals surface area contributed by atoms with E-state index in [1.165, 1.54) is 32.4 Å². The highest BCUT2D eigenvalue weighted by Gasteiger charge is 2.41. The monoisotopic (exact) mass is 402 g/mol. The first-order chi connectivity index (χ1) is 14.0. The van der Waals surface area contributed by atoms with Crippen LogP contribution in [0, 0.1) is 11.8 Å². The number of piperidine rings is 1. The average molecular weight is 403 g/mol. The molecule has 1 aromatic rings. The van der Waals surface area contributed by atoms with Crippen LogP contribution in [0.4, 0.5) is 5.69 Å². The number of nitrogens with one attached hydrogen (secondary N) is 1. The number of ether oxygens (including phenoxy) is 2. The molecule has 1 aliphatic carbocycles. The Morgan fingerprint density at radius 3 is 2.62 bits per heavy atom. The fourth-order valence-electron chi connectivity index (χ4n) is 4.83. The Labute approximate surface area is 176 Å². The van der Waals surface area contributed by atoms with Crippen molar-refractivity contribution in [3.8, 4) is 5.75 Å². The van der Waals surface area contributed by atoms with Gasteiger partial charge in [-0.1, -0.05) is 20.3 Å². The minimum Gasteiger partial charge on any atom is -0.494 e. The Bertz CT molecular complexity index is 648. The van der Waals surface area contributed by atoms with Crippen LogP contribution in [0.5, 0.6) is 5.75 Å². The standard InChI is InChI=1S/C24H38N2O3/c1-19-7-4-13-24(17-19,28-3)23(27)25-21-9-11-22(12-10-21)29-16-6-15-26-14-5-8-20(2)18-26/h9-12,19-20H,4-8,13-18H2,1-3H3,(H,25,27)/t19-,20+,24-/m1/s1. The van der Waals surface area contributed by atoms with Gasteiger partial charge in [0.2, 0.25) is 0 Å². The number of hydrogen-bond acceptors (Lipinski definition) is 4. The Kier molecular flexibility index (Phi) is 7.96. The molecule has 1 heterocycles. The Morgan fingerprint density at radius 2 is 1.93 bits per heavy atom. The van der Waals surface area contributed by atoms with Gasteiger partial charge in [-0.3, -0.25) is 4.79 Å². The molecule has 0 aromatic heterocycles. The molecular weight excluding hydrogens is 364 g/mol. The Hall–Kier alpha value is -1.59. The number of nitrogens with zero attached hydrogens (tertiary/aromatic N) is 1. The lowest BCUT2D eigenvalue weighted by molar-refractivity contribution is -0.143. The molecule has 1 amide bonds. The molecule has 0 radical (unpaired) electrons. The van der Waals surface area contributed by atoms with E-state index in [-0.39, 0.29) is 5.91 Å². The molecule has 29 heavy (non-hydrogen) atoms. The summed E-state index contributed by atoms with van der Waals surface area (Å²) in [4.78, 5) is 15.4. The highest BCUT2D eigenvalue weighted by molar-refractivity contribution is 5.97. The van der Waals surface area contributed by atoms with Gasteiger partial charge in [-0.2, -0.15) is 0 Å². The maximum Gasteiger partial charge on any atom is 0.256 e. The number of rotatable bonds is 8. The number of hydrogen-bond donors (Lipinski definition) is 1. The number of benzene rings is 1. The topological polar surface area (TPSA) is 50.8 Å². The van der Waals surface area contributed by atoms with Crippen molar-refractivity contribution in [2.45, 2.75) is 64.4 Å². The van der Waals surface area contributed by atoms with Crippen molar-refractivity contribution in [2.75, 3.05) is 38.7 Å². The van der Waals surface area contributed by atoms with Gasteiger partial charge in [-0.15, -0.1) is 0 Å². The zero-order valence-corrected chi connectivity index (χ0v) is 18.4. The normalized spacial score (nSPS) is 28.1. The number of carbonyl (C=O) groups is 1. The fraction of sp³-hybridized carbons (Fsp3) is 0.708. The van der Waals surface area contributed by atoms with Gasteiger partial charge in [0, 0.05) is 25.9 Å². The van der Waals surface area contributed by atoms with Crippen LogP contribution in [-0.4, -0.2) is 49.8 Å². The molecule has 2 fully saturated rings. The molecular formula is C24H38N2O3. The van der Waals surface area contributed by atoms with Crippen molar-refractivity contribution in [1.29, 1.82) is 0 Å². The molecule has 0 spiro atoms. The van der Waals surface area contributed by atoms with Gasteiger partial charge in [0.15, 0.2) is 0 Å². The van der Waals surface area contributed by atoms with Crippen molar-refractivity contribution >= 4 is 11.6 Å². The summed E-state index contributed by atoms with van der Waals surface area (Å²) < 4.78 is 11.6. The molecule has 1 saturated heterocycles. The molecule has 1 aliphatic heterocycles. The van der Waals surface area contributed by atoms with Crippen LogP contribution in [0.2, 0.25) is 0 Å². The molecule has 5 nitrogen and oxygen atoms in total. The summed E-state index contributed by atoms with van der Waals surface area (Å²) in [5.41, 5.74) is 0.0954. The summed E-state index contributed by atoms with van der Waals surface area (Å²) in [5, 5.41) is 3.04. The maximum absolute atomic E-state index is 12.9. The van der Waals surface area contributed by atoms with Crippen LogP contribution in [0.15, 0.2) is 24.3 Å². The molecule has 3 atom stereocenters. The summed E-state index contributed by atoms with van der Waals surface area (Å²) in [6, 6.07) is 7.69. The van der Waals surface area contributed by atoms with E-state index in [0.29, 0.717) is 5.92 Å². The minimum atomic E-state index is -0.696. The number of carbonyl (C=O) groups excluding carboxylic acids is 1. The smallest absolute Gasteiger partial charge is 0.256 e. The van der Waals surface area contributed by atoms with Gasteiger partial charge in [-0.05, 0) is 81.2 Å². The lowest BCUT2D eigenvalue weighted by atomic mass is 9.78. The van der Waals surface area contributed by atoms with Crippen LogP contribution in [-0.2, 0) is 9.53 Å². The summed E-state index contributed by atoms with van der Waals surface area (Å²) in [7, 11) is 1.65. The highest BCUT2D eigenvalue weighted by Crippen LogP contribution is 2.35. The molecule has 1 N–H and O–H groups in total. The molecule has 2 aliphatic rings. The second kappa shape index (κ2) is 10.4. The quantitative estimate of drug-likeness (QED) is 0.639. The van der Waals surface area contributed by atoms with E-state index in [4.69, 9.17) is 9.47 Å². The third-order valence-electron chi connectivity index (χ3n) is 6.50. The third kappa shape index (κ3) is 6.19. The predicted molar refractivity (Wildman–Crippen MR) is 117 cm³/mol. The number of anilines is 1. The van der Waals surface area contributed by atoms with Gasteiger partial charge in [0.05, 0.1) is 6.61 Å². The van der Waals surface area contributed by atoms with Crippen LogP contribution in [0.25, 0.3) is 0 Å². The molecule has 0 bridgehead atoms.